The molecule has 2 atom stereocenters. The van der Waals surface area contributed by atoms with Gasteiger partial charge in [0.15, 0.2) is 11.5 Å². The molecule has 31 heavy (non-hydrogen) atoms. The number of fused-ring (bicyclic) bond motifs is 1. The normalized spacial score (nSPS) is 21.3. The Hall–Kier alpha value is -3.27. The molecular formula is C21H22F2N6O2. The average Bonchev–Trinajstić information content (AvgIpc) is 3.48. The van der Waals surface area contributed by atoms with Crippen LogP contribution in [0.5, 0.6) is 0 Å². The average molecular weight is 428 g/mol. The zero-order valence-electron chi connectivity index (χ0n) is 16.7. The number of aromatic nitrogens is 3. The first-order valence-corrected chi connectivity index (χ1v) is 10.3. The van der Waals surface area contributed by atoms with Crippen molar-refractivity contribution in [3.8, 4) is 0 Å². The maximum Gasteiger partial charge on any atom is 0.321 e. The highest BCUT2D eigenvalue weighted by molar-refractivity contribution is 5.95. The first-order chi connectivity index (χ1) is 15.0. The Labute approximate surface area is 176 Å². The number of nitrogens with one attached hydrogen (secondary N) is 2. The number of hydrogen-bond donors (Lipinski definition) is 3. The number of likely N-dealkylation sites (tertiary alicyclic amines) is 1. The van der Waals surface area contributed by atoms with Crippen LogP contribution in [-0.4, -0.2) is 57.0 Å². The number of nitrogens with zero attached hydrogens (tertiary/aromatic N) is 4. The molecular weight excluding hydrogens is 406 g/mol. The molecule has 2 fully saturated rings. The lowest BCUT2D eigenvalue weighted by Gasteiger charge is -2.25. The summed E-state index contributed by atoms with van der Waals surface area (Å²) in [7, 11) is 0. The molecule has 2 amide bonds. The van der Waals surface area contributed by atoms with E-state index in [9.17, 15) is 18.7 Å². The monoisotopic (exact) mass is 428 g/mol. The van der Waals surface area contributed by atoms with Crippen LogP contribution in [-0.2, 0) is 0 Å². The number of carbonyl (C=O) groups is 1. The van der Waals surface area contributed by atoms with Crippen molar-refractivity contribution < 1.29 is 18.7 Å². The third-order valence-corrected chi connectivity index (χ3v) is 5.94. The molecule has 4 heterocycles. The number of β-amino-alcohol motifs (C(OH)–C–C–N with tert-alkyl or cyclic N) is 1. The molecule has 2 aliphatic rings. The minimum Gasteiger partial charge on any atom is -0.391 e. The predicted octanol–water partition coefficient (Wildman–Crippen LogP) is 3.18. The van der Waals surface area contributed by atoms with Crippen LogP contribution < -0.4 is 10.2 Å². The van der Waals surface area contributed by atoms with E-state index in [4.69, 9.17) is 0 Å². The van der Waals surface area contributed by atoms with Crippen molar-refractivity contribution in [2.24, 2.45) is 0 Å². The Bertz CT molecular complexity index is 1140. The lowest BCUT2D eigenvalue weighted by atomic mass is 10.0. The summed E-state index contributed by atoms with van der Waals surface area (Å²) in [6, 6.07) is 4.62. The highest BCUT2D eigenvalue weighted by atomic mass is 19.1. The third kappa shape index (κ3) is 3.67. The molecule has 3 N–H and O–H groups in total. The zero-order chi connectivity index (χ0) is 21.5. The Morgan fingerprint density at radius 2 is 2.10 bits per heavy atom. The van der Waals surface area contributed by atoms with E-state index in [1.807, 2.05) is 4.90 Å². The number of aliphatic hydroxyl groups excluding tert-OH is 1. The highest BCUT2D eigenvalue weighted by Crippen LogP contribution is 2.39. The second-order valence-electron chi connectivity index (χ2n) is 8.00. The summed E-state index contributed by atoms with van der Waals surface area (Å²) in [6.45, 7) is 1.43. The number of aromatic amines is 1. The molecule has 0 radical (unpaired) electrons. The van der Waals surface area contributed by atoms with Crippen molar-refractivity contribution in [2.75, 3.05) is 29.9 Å². The van der Waals surface area contributed by atoms with Gasteiger partial charge in [-0.05, 0) is 43.5 Å². The van der Waals surface area contributed by atoms with Crippen molar-refractivity contribution in [2.45, 2.75) is 31.4 Å². The van der Waals surface area contributed by atoms with Gasteiger partial charge in [-0.25, -0.2) is 18.6 Å². The molecule has 10 heteroatoms. The van der Waals surface area contributed by atoms with E-state index in [1.54, 1.807) is 11.0 Å². The zero-order valence-corrected chi connectivity index (χ0v) is 16.7. The lowest BCUT2D eigenvalue weighted by molar-refractivity contribution is 0.176. The quantitative estimate of drug-likeness (QED) is 0.595. The topological polar surface area (TPSA) is 97.4 Å². The van der Waals surface area contributed by atoms with Crippen molar-refractivity contribution >= 4 is 28.6 Å². The van der Waals surface area contributed by atoms with Gasteiger partial charge < -0.3 is 20.2 Å². The van der Waals surface area contributed by atoms with Crippen LogP contribution >= 0.6 is 0 Å². The van der Waals surface area contributed by atoms with E-state index >= 15 is 0 Å². The summed E-state index contributed by atoms with van der Waals surface area (Å²) in [5.41, 5.74) is 1.34. The summed E-state index contributed by atoms with van der Waals surface area (Å²) in [6.07, 6.45) is 3.08. The minimum atomic E-state index is -0.498. The number of urea groups is 1. The highest BCUT2D eigenvalue weighted by Gasteiger charge is 2.31. The third-order valence-electron chi connectivity index (χ3n) is 5.94. The molecule has 0 spiro atoms. The maximum atomic E-state index is 14.4. The van der Waals surface area contributed by atoms with Gasteiger partial charge in [0.05, 0.1) is 29.4 Å². The van der Waals surface area contributed by atoms with Gasteiger partial charge >= 0.3 is 6.03 Å². The molecule has 8 nitrogen and oxygen atoms in total. The smallest absolute Gasteiger partial charge is 0.321 e. The molecule has 3 aromatic rings. The number of anilines is 2. The summed E-state index contributed by atoms with van der Waals surface area (Å²) in [5, 5.41) is 20.4. The second-order valence-corrected chi connectivity index (χ2v) is 8.00. The van der Waals surface area contributed by atoms with E-state index in [0.717, 1.165) is 18.6 Å². The van der Waals surface area contributed by atoms with Crippen LogP contribution in [0.25, 0.3) is 11.0 Å². The maximum absolute atomic E-state index is 14.4. The van der Waals surface area contributed by atoms with Crippen molar-refractivity contribution in [1.82, 2.24) is 20.1 Å². The number of amides is 2. The molecule has 0 saturated carbocycles. The Balaban J connectivity index is 1.44. The second kappa shape index (κ2) is 7.77. The predicted molar refractivity (Wildman–Crippen MR) is 111 cm³/mol. The molecule has 162 valence electrons. The summed E-state index contributed by atoms with van der Waals surface area (Å²) in [4.78, 5) is 20.3. The number of hydrogen-bond acceptors (Lipinski definition) is 5. The van der Waals surface area contributed by atoms with Gasteiger partial charge in [-0.15, -0.1) is 0 Å². The number of aliphatic hydroxyl groups is 1. The van der Waals surface area contributed by atoms with Crippen LogP contribution in [0.4, 0.5) is 25.1 Å². The first kappa shape index (κ1) is 19.7. The van der Waals surface area contributed by atoms with Crippen molar-refractivity contribution in [3.05, 3.63) is 47.7 Å². The van der Waals surface area contributed by atoms with Gasteiger partial charge in [0.2, 0.25) is 0 Å². The Morgan fingerprint density at radius 3 is 2.90 bits per heavy atom. The molecule has 5 rings (SSSR count). The summed E-state index contributed by atoms with van der Waals surface area (Å²) >= 11 is 0. The van der Waals surface area contributed by atoms with E-state index < -0.39 is 17.7 Å². The number of pyridine rings is 1. The fraction of sp³-hybridized carbons (Fsp3) is 0.381. The van der Waals surface area contributed by atoms with Gasteiger partial charge in [0, 0.05) is 25.2 Å². The number of halogens is 2. The van der Waals surface area contributed by atoms with Gasteiger partial charge in [0.1, 0.15) is 11.6 Å². The van der Waals surface area contributed by atoms with Crippen molar-refractivity contribution in [1.29, 1.82) is 0 Å². The fourth-order valence-electron chi connectivity index (χ4n) is 4.42. The SMILES string of the molecule is O=C(Nc1cnc2[nH]nc(N3CCC[C@@H]3c3cc(F)ccc3F)c2c1)N1CCC(O)C1. The van der Waals surface area contributed by atoms with Crippen LogP contribution in [0.1, 0.15) is 30.9 Å². The summed E-state index contributed by atoms with van der Waals surface area (Å²) in [5.74, 6) is -0.341. The largest absolute Gasteiger partial charge is 0.391 e. The van der Waals surface area contributed by atoms with Gasteiger partial charge in [-0.3, -0.25) is 5.10 Å². The molecule has 1 unspecified atom stereocenters. The minimum absolute atomic E-state index is 0.299. The first-order valence-electron chi connectivity index (χ1n) is 10.3. The molecule has 1 aromatic carbocycles. The number of rotatable bonds is 3. The van der Waals surface area contributed by atoms with Crippen LogP contribution in [0.2, 0.25) is 0 Å². The van der Waals surface area contributed by atoms with Gasteiger partial charge in [-0.1, -0.05) is 0 Å². The van der Waals surface area contributed by atoms with E-state index in [-0.39, 0.29) is 12.1 Å². The van der Waals surface area contributed by atoms with E-state index in [2.05, 4.69) is 20.5 Å². The Morgan fingerprint density at radius 1 is 1.23 bits per heavy atom. The van der Waals surface area contributed by atoms with Gasteiger partial charge in [-0.2, -0.15) is 5.10 Å². The molecule has 0 bridgehead atoms. The van der Waals surface area contributed by atoms with Crippen LogP contribution in [0, 0.1) is 11.6 Å². The number of carbonyl (C=O) groups excluding carboxylic acids is 1. The van der Waals surface area contributed by atoms with Gasteiger partial charge in [0.25, 0.3) is 0 Å². The molecule has 2 saturated heterocycles. The number of benzene rings is 1. The molecule has 2 aromatic heterocycles. The van der Waals surface area contributed by atoms with Crippen molar-refractivity contribution in [3.63, 3.8) is 0 Å². The lowest BCUT2D eigenvalue weighted by Crippen LogP contribution is -2.33. The molecule has 2 aliphatic heterocycles. The van der Waals surface area contributed by atoms with E-state index in [0.29, 0.717) is 60.6 Å². The fourth-order valence-corrected chi connectivity index (χ4v) is 4.42. The van der Waals surface area contributed by atoms with E-state index in [1.165, 1.54) is 12.3 Å². The summed E-state index contributed by atoms with van der Waals surface area (Å²) < 4.78 is 28.2. The van der Waals surface area contributed by atoms with Crippen LogP contribution in [0.3, 0.4) is 0 Å². The Kier molecular flexibility index (Phi) is 4.93. The molecule has 0 aliphatic carbocycles. The van der Waals surface area contributed by atoms with Crippen LogP contribution in [0.15, 0.2) is 30.5 Å². The standard InChI is InChI=1S/C21H22F2N6O2/c22-12-3-4-17(23)15(8-12)18-2-1-6-29(18)20-16-9-13(10-24-19(16)26-27-20)25-21(31)28-7-5-14(30)11-28/h3-4,8-10,14,18,30H,1-2,5-7,11H2,(H,25,31)(H,24,26,27)/t14?,18-/m1/s1. The number of H-pyrrole nitrogens is 1.